The van der Waals surface area contributed by atoms with Crippen molar-refractivity contribution in [2.75, 3.05) is 6.54 Å². The Labute approximate surface area is 141 Å². The Morgan fingerprint density at radius 1 is 1.17 bits per heavy atom. The van der Waals surface area contributed by atoms with Gasteiger partial charge in [-0.1, -0.05) is 30.3 Å². The van der Waals surface area contributed by atoms with Crippen molar-refractivity contribution in [3.8, 4) is 0 Å². The molecule has 0 heterocycles. The van der Waals surface area contributed by atoms with Gasteiger partial charge in [-0.25, -0.2) is 9.59 Å². The summed E-state index contributed by atoms with van der Waals surface area (Å²) in [6.45, 7) is 4.82. The smallest absolute Gasteiger partial charge is 0.408 e. The molecule has 1 rings (SSSR count). The van der Waals surface area contributed by atoms with Crippen LogP contribution in [0.2, 0.25) is 0 Å². The highest BCUT2D eigenvalue weighted by Crippen LogP contribution is 2.07. The van der Waals surface area contributed by atoms with Gasteiger partial charge in [0.2, 0.25) is 5.91 Å². The zero-order valence-corrected chi connectivity index (χ0v) is 14.2. The number of amides is 2. The summed E-state index contributed by atoms with van der Waals surface area (Å²) < 4.78 is 5.00. The maximum atomic E-state index is 11.8. The largest absolute Gasteiger partial charge is 0.480 e. The minimum atomic E-state index is -1.25. The molecule has 7 nitrogen and oxygen atoms in total. The van der Waals surface area contributed by atoms with E-state index in [-0.39, 0.29) is 18.9 Å². The van der Waals surface area contributed by atoms with Crippen LogP contribution in [0, 0.1) is 0 Å². The number of aliphatic carboxylic acids is 1. The van der Waals surface area contributed by atoms with Gasteiger partial charge in [-0.2, -0.15) is 0 Å². The molecule has 0 radical (unpaired) electrons. The van der Waals surface area contributed by atoms with E-state index in [4.69, 9.17) is 9.84 Å². The SMILES string of the molecule is CC(C)(C)OC(=O)N[C@@H](CNC(=O)CCc1ccccc1)C(=O)O. The van der Waals surface area contributed by atoms with Crippen LogP contribution in [0.4, 0.5) is 4.79 Å². The number of alkyl carbamates (subject to hydrolysis) is 1. The van der Waals surface area contributed by atoms with Gasteiger partial charge in [-0.15, -0.1) is 0 Å². The highest BCUT2D eigenvalue weighted by Gasteiger charge is 2.24. The van der Waals surface area contributed by atoms with Gasteiger partial charge in [-0.3, -0.25) is 4.79 Å². The molecule has 3 N–H and O–H groups in total. The van der Waals surface area contributed by atoms with Crippen molar-refractivity contribution in [3.05, 3.63) is 35.9 Å². The summed E-state index contributed by atoms with van der Waals surface area (Å²) in [7, 11) is 0. The molecule has 0 aromatic heterocycles. The first-order valence-electron chi connectivity index (χ1n) is 7.70. The Kier molecular flexibility index (Phi) is 7.23. The van der Waals surface area contributed by atoms with Gasteiger partial charge in [0.1, 0.15) is 11.6 Å². The minimum absolute atomic E-state index is 0.206. The summed E-state index contributed by atoms with van der Waals surface area (Å²) in [5.74, 6) is -1.53. The molecule has 2 amide bonds. The van der Waals surface area contributed by atoms with Crippen LogP contribution in [0.15, 0.2) is 30.3 Å². The van der Waals surface area contributed by atoms with Crippen molar-refractivity contribution in [3.63, 3.8) is 0 Å². The van der Waals surface area contributed by atoms with Gasteiger partial charge in [0, 0.05) is 13.0 Å². The monoisotopic (exact) mass is 336 g/mol. The lowest BCUT2D eigenvalue weighted by Crippen LogP contribution is -2.49. The van der Waals surface area contributed by atoms with Gasteiger partial charge < -0.3 is 20.5 Å². The van der Waals surface area contributed by atoms with Crippen molar-refractivity contribution >= 4 is 18.0 Å². The number of rotatable bonds is 7. The van der Waals surface area contributed by atoms with Gasteiger partial charge in [-0.05, 0) is 32.8 Å². The van der Waals surface area contributed by atoms with E-state index in [1.54, 1.807) is 20.8 Å². The lowest BCUT2D eigenvalue weighted by Gasteiger charge is -2.22. The number of hydrogen-bond donors (Lipinski definition) is 3. The third kappa shape index (κ3) is 8.17. The summed E-state index contributed by atoms with van der Waals surface area (Å²) in [4.78, 5) is 34.6. The summed E-state index contributed by atoms with van der Waals surface area (Å²) >= 11 is 0. The molecule has 1 atom stereocenters. The highest BCUT2D eigenvalue weighted by molar-refractivity contribution is 5.82. The molecule has 0 saturated carbocycles. The lowest BCUT2D eigenvalue weighted by molar-refractivity contribution is -0.139. The first-order valence-corrected chi connectivity index (χ1v) is 7.70. The number of aryl methyl sites for hydroxylation is 1. The van der Waals surface area contributed by atoms with E-state index in [0.717, 1.165) is 5.56 Å². The van der Waals surface area contributed by atoms with E-state index >= 15 is 0 Å². The number of benzene rings is 1. The Bertz CT molecular complexity index is 566. The van der Waals surface area contributed by atoms with Crippen molar-refractivity contribution < 1.29 is 24.2 Å². The van der Waals surface area contributed by atoms with Crippen molar-refractivity contribution in [2.24, 2.45) is 0 Å². The van der Waals surface area contributed by atoms with E-state index in [9.17, 15) is 14.4 Å². The molecule has 0 saturated heterocycles. The van der Waals surface area contributed by atoms with Crippen LogP contribution in [0.25, 0.3) is 0 Å². The molecule has 0 spiro atoms. The molecule has 0 aliphatic rings. The van der Waals surface area contributed by atoms with Crippen LogP contribution in [-0.2, 0) is 20.7 Å². The number of carbonyl (C=O) groups excluding carboxylic acids is 2. The number of hydrogen-bond acceptors (Lipinski definition) is 4. The van der Waals surface area contributed by atoms with Crippen molar-refractivity contribution in [1.82, 2.24) is 10.6 Å². The molecule has 7 heteroatoms. The molecule has 0 fully saturated rings. The summed E-state index contributed by atoms with van der Waals surface area (Å²) in [5, 5.41) is 13.9. The fraction of sp³-hybridized carbons (Fsp3) is 0.471. The molecule has 0 aliphatic carbocycles. The van der Waals surface area contributed by atoms with Gasteiger partial charge in [0.25, 0.3) is 0 Å². The molecule has 132 valence electrons. The second-order valence-electron chi connectivity index (χ2n) is 6.33. The van der Waals surface area contributed by atoms with Crippen molar-refractivity contribution in [2.45, 2.75) is 45.3 Å². The molecule has 1 aromatic rings. The van der Waals surface area contributed by atoms with Crippen LogP contribution in [-0.4, -0.2) is 41.3 Å². The fourth-order valence-corrected chi connectivity index (χ4v) is 1.86. The Morgan fingerprint density at radius 3 is 2.33 bits per heavy atom. The number of carboxylic acid groups (broad SMARTS) is 1. The summed E-state index contributed by atoms with van der Waals surface area (Å²) in [6, 6.07) is 8.25. The highest BCUT2D eigenvalue weighted by atomic mass is 16.6. The Balaban J connectivity index is 2.41. The quantitative estimate of drug-likeness (QED) is 0.703. The Hall–Kier alpha value is -2.57. The molecule has 1 aromatic carbocycles. The second kappa shape index (κ2) is 8.90. The maximum Gasteiger partial charge on any atom is 0.408 e. The number of carboxylic acids is 1. The molecular weight excluding hydrogens is 312 g/mol. The van der Waals surface area contributed by atoms with E-state index in [2.05, 4.69) is 10.6 Å². The van der Waals surface area contributed by atoms with Crippen LogP contribution in [0.1, 0.15) is 32.8 Å². The van der Waals surface area contributed by atoms with Gasteiger partial charge in [0.05, 0.1) is 0 Å². The predicted molar refractivity (Wildman–Crippen MR) is 88.6 cm³/mol. The van der Waals surface area contributed by atoms with Gasteiger partial charge in [0.15, 0.2) is 0 Å². The first kappa shape index (κ1) is 19.5. The van der Waals surface area contributed by atoms with Crippen molar-refractivity contribution in [1.29, 1.82) is 0 Å². The predicted octanol–water partition coefficient (Wildman–Crippen LogP) is 1.71. The number of carbonyl (C=O) groups is 3. The summed E-state index contributed by atoms with van der Waals surface area (Å²) in [5.41, 5.74) is 0.292. The van der Waals surface area contributed by atoms with E-state index < -0.39 is 23.7 Å². The van der Waals surface area contributed by atoms with Crippen LogP contribution >= 0.6 is 0 Å². The zero-order valence-electron chi connectivity index (χ0n) is 14.2. The molecule has 0 bridgehead atoms. The third-order valence-corrected chi connectivity index (χ3v) is 2.98. The Morgan fingerprint density at radius 2 is 1.79 bits per heavy atom. The topological polar surface area (TPSA) is 105 Å². The van der Waals surface area contributed by atoms with Crippen LogP contribution < -0.4 is 10.6 Å². The fourth-order valence-electron chi connectivity index (χ4n) is 1.86. The average molecular weight is 336 g/mol. The average Bonchev–Trinajstić information content (AvgIpc) is 2.48. The van der Waals surface area contributed by atoms with E-state index in [1.165, 1.54) is 0 Å². The molecule has 0 aliphatic heterocycles. The molecular formula is C17H24N2O5. The minimum Gasteiger partial charge on any atom is -0.480 e. The van der Waals surface area contributed by atoms with Gasteiger partial charge >= 0.3 is 12.1 Å². The summed E-state index contributed by atoms with van der Waals surface area (Å²) in [6.07, 6.45) is -0.0411. The normalized spacial score (nSPS) is 12.1. The zero-order chi connectivity index (χ0) is 18.2. The first-order chi connectivity index (χ1) is 11.2. The maximum absolute atomic E-state index is 11.8. The lowest BCUT2D eigenvalue weighted by atomic mass is 10.1. The van der Waals surface area contributed by atoms with Crippen LogP contribution in [0.5, 0.6) is 0 Å². The molecule has 24 heavy (non-hydrogen) atoms. The number of ether oxygens (including phenoxy) is 1. The van der Waals surface area contributed by atoms with E-state index in [1.807, 2.05) is 30.3 Å². The second-order valence-corrected chi connectivity index (χ2v) is 6.33. The molecule has 0 unspecified atom stereocenters. The van der Waals surface area contributed by atoms with E-state index in [0.29, 0.717) is 6.42 Å². The standard InChI is InChI=1S/C17H24N2O5/c1-17(2,3)24-16(23)19-13(15(21)22)11-18-14(20)10-9-12-7-5-4-6-8-12/h4-8,13H,9-11H2,1-3H3,(H,18,20)(H,19,23)(H,21,22)/t13-/m0/s1. The number of nitrogens with one attached hydrogen (secondary N) is 2. The van der Waals surface area contributed by atoms with Crippen LogP contribution in [0.3, 0.4) is 0 Å². The third-order valence-electron chi connectivity index (χ3n) is 2.98.